The summed E-state index contributed by atoms with van der Waals surface area (Å²) in [6.45, 7) is 1.04. The minimum atomic E-state index is -4.85. The van der Waals surface area contributed by atoms with Crippen molar-refractivity contribution in [3.8, 4) is 5.75 Å². The van der Waals surface area contributed by atoms with Gasteiger partial charge in [0.25, 0.3) is 0 Å². The molecule has 39 heavy (non-hydrogen) atoms. The first-order valence-corrected chi connectivity index (χ1v) is 14.5. The van der Waals surface area contributed by atoms with E-state index in [1.807, 2.05) is 24.3 Å². The second kappa shape index (κ2) is 12.4. The highest BCUT2D eigenvalue weighted by atomic mass is 35.5. The molecule has 0 saturated heterocycles. The van der Waals surface area contributed by atoms with E-state index in [4.69, 9.17) is 28.0 Å². The van der Waals surface area contributed by atoms with Crippen molar-refractivity contribution in [3.63, 3.8) is 0 Å². The maximum atomic E-state index is 13.3. The molecular formula is C27H28Cl2F3N3O3S. The molecule has 0 heterocycles. The van der Waals surface area contributed by atoms with Gasteiger partial charge in [-0.2, -0.15) is 0 Å². The number of nitrogens with zero attached hydrogens (tertiary/aromatic N) is 1. The first kappa shape index (κ1) is 29.6. The van der Waals surface area contributed by atoms with Gasteiger partial charge in [0.15, 0.2) is 0 Å². The predicted molar refractivity (Wildman–Crippen MR) is 145 cm³/mol. The summed E-state index contributed by atoms with van der Waals surface area (Å²) in [4.78, 5) is 2.13. The number of nitrogens with one attached hydrogen (secondary N) is 2. The average molecular weight is 603 g/mol. The summed E-state index contributed by atoms with van der Waals surface area (Å²) < 4.78 is 65.7. The van der Waals surface area contributed by atoms with Gasteiger partial charge in [0.2, 0.25) is 0 Å². The highest BCUT2D eigenvalue weighted by molar-refractivity contribution is 7.90. The fraction of sp³-hybridized carbons (Fsp3) is 0.333. The lowest BCUT2D eigenvalue weighted by molar-refractivity contribution is -0.274. The third kappa shape index (κ3) is 8.33. The first-order valence-electron chi connectivity index (χ1n) is 12.2. The summed E-state index contributed by atoms with van der Waals surface area (Å²) in [5.74, 6) is -0.473. The molecule has 1 saturated carbocycles. The van der Waals surface area contributed by atoms with Gasteiger partial charge in [-0.1, -0.05) is 53.9 Å². The van der Waals surface area contributed by atoms with Gasteiger partial charge in [-0.05, 0) is 72.5 Å². The molecule has 1 aliphatic rings. The van der Waals surface area contributed by atoms with Crippen LogP contribution in [0.15, 0.2) is 77.7 Å². The number of alkyl halides is 3. The zero-order valence-corrected chi connectivity index (χ0v) is 23.0. The number of rotatable bonds is 9. The van der Waals surface area contributed by atoms with E-state index < -0.39 is 34.2 Å². The number of benzene rings is 3. The van der Waals surface area contributed by atoms with E-state index in [1.165, 1.54) is 0 Å². The van der Waals surface area contributed by atoms with Crippen LogP contribution in [0.4, 0.5) is 13.2 Å². The van der Waals surface area contributed by atoms with Crippen LogP contribution in [-0.4, -0.2) is 38.8 Å². The fourth-order valence-corrected chi connectivity index (χ4v) is 6.33. The standard InChI is InChI=1S/C27H28Cl2F3N3O3S/c28-20-8-4-18(5-9-20)16-35(17-19-6-10-21(29)11-7-19)25-3-1-2-24(26(25)36)34-39(33,37)23-14-12-22(13-15-23)38-27(30,31)32/h4-15,24-26,36H,1-3,16-17H2,(H2,33,34,37). The van der Waals surface area contributed by atoms with Gasteiger partial charge >= 0.3 is 6.36 Å². The highest BCUT2D eigenvalue weighted by Gasteiger charge is 2.37. The molecule has 0 aromatic heterocycles. The monoisotopic (exact) mass is 601 g/mol. The maximum absolute atomic E-state index is 13.3. The molecule has 0 radical (unpaired) electrons. The minimum absolute atomic E-state index is 0.00877. The van der Waals surface area contributed by atoms with Crippen LogP contribution < -0.4 is 9.46 Å². The Morgan fingerprint density at radius 2 is 1.44 bits per heavy atom. The number of hydrogen-bond donors (Lipinski definition) is 3. The topological polar surface area (TPSA) is 85.7 Å². The zero-order chi connectivity index (χ0) is 28.2. The molecular weight excluding hydrogens is 574 g/mol. The molecule has 3 aromatic rings. The van der Waals surface area contributed by atoms with Gasteiger partial charge in [-0.3, -0.25) is 4.90 Å². The van der Waals surface area contributed by atoms with E-state index in [0.717, 1.165) is 35.4 Å². The second-order valence-corrected chi connectivity index (χ2v) is 12.1. The Hall–Kier alpha value is -2.34. The Morgan fingerprint density at radius 1 is 0.923 bits per heavy atom. The van der Waals surface area contributed by atoms with Crippen molar-refractivity contribution >= 4 is 33.1 Å². The quantitative estimate of drug-likeness (QED) is 0.252. The lowest BCUT2D eigenvalue weighted by Crippen LogP contribution is -2.56. The molecule has 0 bridgehead atoms. The minimum Gasteiger partial charge on any atom is -0.406 e. The van der Waals surface area contributed by atoms with E-state index >= 15 is 0 Å². The van der Waals surface area contributed by atoms with Crippen LogP contribution in [0.3, 0.4) is 0 Å². The molecule has 4 atom stereocenters. The Morgan fingerprint density at radius 3 is 1.92 bits per heavy atom. The van der Waals surface area contributed by atoms with Crippen LogP contribution in [0.2, 0.25) is 10.0 Å². The zero-order valence-electron chi connectivity index (χ0n) is 20.7. The lowest BCUT2D eigenvalue weighted by atomic mass is 9.87. The fourth-order valence-electron chi connectivity index (χ4n) is 4.74. The number of hydrogen-bond acceptors (Lipinski definition) is 5. The van der Waals surface area contributed by atoms with Gasteiger partial charge in [0, 0.05) is 35.2 Å². The van der Waals surface area contributed by atoms with Crippen LogP contribution in [0, 0.1) is 4.78 Å². The van der Waals surface area contributed by atoms with Crippen LogP contribution in [0.25, 0.3) is 0 Å². The van der Waals surface area contributed by atoms with E-state index in [0.29, 0.717) is 42.4 Å². The van der Waals surface area contributed by atoms with Gasteiger partial charge in [-0.25, -0.2) is 13.7 Å². The van der Waals surface area contributed by atoms with E-state index in [9.17, 15) is 22.5 Å². The number of aliphatic hydroxyl groups is 1. The van der Waals surface area contributed by atoms with Crippen molar-refractivity contribution in [2.75, 3.05) is 0 Å². The summed E-state index contributed by atoms with van der Waals surface area (Å²) in [5, 5.41) is 12.7. The first-order chi connectivity index (χ1) is 18.4. The third-order valence-corrected chi connectivity index (χ3v) is 8.67. The lowest BCUT2D eigenvalue weighted by Gasteiger charge is -2.42. The Balaban J connectivity index is 1.52. The molecule has 4 rings (SSSR count). The summed E-state index contributed by atoms with van der Waals surface area (Å²) >= 11 is 12.1. The van der Waals surface area contributed by atoms with Crippen molar-refractivity contribution in [3.05, 3.63) is 94.0 Å². The maximum Gasteiger partial charge on any atom is 0.573 e. The van der Waals surface area contributed by atoms with Crippen molar-refractivity contribution in [2.45, 2.75) is 61.8 Å². The molecule has 1 aliphatic carbocycles. The summed E-state index contributed by atoms with van der Waals surface area (Å²) in [5.41, 5.74) is 2.00. The van der Waals surface area contributed by atoms with Crippen molar-refractivity contribution in [1.29, 1.82) is 4.78 Å². The van der Waals surface area contributed by atoms with Crippen molar-refractivity contribution < 1.29 is 27.2 Å². The van der Waals surface area contributed by atoms with Gasteiger partial charge in [-0.15, -0.1) is 13.2 Å². The van der Waals surface area contributed by atoms with Gasteiger partial charge < -0.3 is 9.84 Å². The smallest absolute Gasteiger partial charge is 0.406 e. The van der Waals surface area contributed by atoms with Gasteiger partial charge in [0.05, 0.1) is 11.0 Å². The van der Waals surface area contributed by atoms with E-state index in [1.54, 1.807) is 24.3 Å². The highest BCUT2D eigenvalue weighted by Crippen LogP contribution is 2.29. The predicted octanol–water partition coefficient (Wildman–Crippen LogP) is 6.79. The summed E-state index contributed by atoms with van der Waals surface area (Å²) in [7, 11) is -3.62. The molecule has 0 spiro atoms. The molecule has 0 aliphatic heterocycles. The second-order valence-electron chi connectivity index (χ2n) is 9.45. The van der Waals surface area contributed by atoms with Crippen molar-refractivity contribution in [1.82, 2.24) is 9.62 Å². The molecule has 6 nitrogen and oxygen atoms in total. The van der Waals surface area contributed by atoms with E-state index in [2.05, 4.69) is 14.4 Å². The molecule has 4 unspecified atom stereocenters. The van der Waals surface area contributed by atoms with E-state index in [-0.39, 0.29) is 10.9 Å². The molecule has 3 N–H and O–H groups in total. The largest absolute Gasteiger partial charge is 0.573 e. The van der Waals surface area contributed by atoms with Crippen LogP contribution in [0.1, 0.15) is 30.4 Å². The molecule has 210 valence electrons. The van der Waals surface area contributed by atoms with Gasteiger partial charge in [0.1, 0.15) is 15.7 Å². The number of aliphatic hydroxyl groups excluding tert-OH is 1. The number of halogens is 5. The summed E-state index contributed by atoms with van der Waals surface area (Å²) in [6.07, 6.45) is -3.93. The Kier molecular flexibility index (Phi) is 9.46. The molecule has 3 aromatic carbocycles. The average Bonchev–Trinajstić information content (AvgIpc) is 2.87. The Bertz CT molecular complexity index is 1290. The van der Waals surface area contributed by atoms with Crippen molar-refractivity contribution in [2.24, 2.45) is 0 Å². The molecule has 0 amide bonds. The van der Waals surface area contributed by atoms with Crippen LogP contribution in [-0.2, 0) is 23.0 Å². The number of ether oxygens (including phenoxy) is 1. The Labute approximate surface area is 235 Å². The summed E-state index contributed by atoms with van der Waals surface area (Å²) in [6, 6.07) is 18.3. The third-order valence-electron chi connectivity index (χ3n) is 6.59. The SMILES string of the molecule is N=S(=O)(NC1CCCC(N(Cc2ccc(Cl)cc2)Cc2ccc(Cl)cc2)C1O)c1ccc(OC(F)(F)F)cc1. The normalized spacial score (nSPS) is 21.5. The molecule has 1 fully saturated rings. The van der Waals surface area contributed by atoms with Crippen LogP contribution in [0.5, 0.6) is 5.75 Å². The van der Waals surface area contributed by atoms with Crippen LogP contribution >= 0.6 is 23.2 Å². The molecule has 12 heteroatoms.